The molecule has 0 aliphatic carbocycles. The number of methoxy groups -OCH3 is 1. The summed E-state index contributed by atoms with van der Waals surface area (Å²) in [6, 6.07) is 11.4. The van der Waals surface area contributed by atoms with Crippen LogP contribution in [0.3, 0.4) is 0 Å². The molecule has 0 spiro atoms. The van der Waals surface area contributed by atoms with E-state index in [1.807, 2.05) is 12.1 Å². The van der Waals surface area contributed by atoms with E-state index < -0.39 is 6.10 Å². The van der Waals surface area contributed by atoms with Crippen molar-refractivity contribution in [1.82, 2.24) is 10.2 Å². The molecular formula is C26H36ClN3O3. The van der Waals surface area contributed by atoms with Crippen molar-refractivity contribution in [3.8, 4) is 5.75 Å². The minimum atomic E-state index is -0.502. The van der Waals surface area contributed by atoms with Gasteiger partial charge in [-0.3, -0.25) is 4.79 Å². The summed E-state index contributed by atoms with van der Waals surface area (Å²) >= 11 is 6.08. The molecule has 0 radical (unpaired) electrons. The first-order valence-corrected chi connectivity index (χ1v) is 11.9. The van der Waals surface area contributed by atoms with Crippen LogP contribution in [0.25, 0.3) is 0 Å². The number of aliphatic hydroxyl groups excluding tert-OH is 1. The Hall–Kier alpha value is -2.28. The molecule has 1 amide bonds. The van der Waals surface area contributed by atoms with Gasteiger partial charge in [0, 0.05) is 19.2 Å². The highest BCUT2D eigenvalue weighted by atomic mass is 35.5. The first-order chi connectivity index (χ1) is 15.6. The van der Waals surface area contributed by atoms with Crippen LogP contribution in [-0.2, 0) is 5.41 Å². The average Bonchev–Trinajstić information content (AvgIpc) is 2.79. The van der Waals surface area contributed by atoms with Gasteiger partial charge in [0.2, 0.25) is 0 Å². The Kier molecular flexibility index (Phi) is 8.27. The van der Waals surface area contributed by atoms with Gasteiger partial charge in [-0.1, -0.05) is 56.6 Å². The number of rotatable bonds is 7. The molecule has 2 aromatic carbocycles. The fourth-order valence-corrected chi connectivity index (χ4v) is 4.34. The second-order valence-corrected chi connectivity index (χ2v) is 10.3. The Labute approximate surface area is 202 Å². The molecule has 0 aromatic heterocycles. The van der Waals surface area contributed by atoms with Crippen LogP contribution in [0, 0.1) is 5.92 Å². The molecule has 180 valence electrons. The van der Waals surface area contributed by atoms with E-state index in [4.69, 9.17) is 22.1 Å². The van der Waals surface area contributed by atoms with Crippen LogP contribution >= 0.6 is 11.6 Å². The monoisotopic (exact) mass is 473 g/mol. The van der Waals surface area contributed by atoms with Gasteiger partial charge in [0.15, 0.2) is 0 Å². The zero-order chi connectivity index (χ0) is 24.2. The minimum absolute atomic E-state index is 0.103. The standard InChI is InChI=1S/C26H36ClN3O3/c1-26(2,3)19-7-5-18(6-8-19)23(31)16-30-11-9-17(10-12-30)15-29-25(32)20-13-21(27)22(28)14-24(20)33-4/h5-8,13-14,17,23,31H,9-12,15-16,28H2,1-4H3,(H,29,32). The Morgan fingerprint density at radius 3 is 2.45 bits per heavy atom. The van der Waals surface area contributed by atoms with E-state index in [1.54, 1.807) is 12.1 Å². The lowest BCUT2D eigenvalue weighted by Crippen LogP contribution is -2.40. The number of nitrogens with zero attached hydrogens (tertiary/aromatic N) is 1. The molecule has 1 heterocycles. The minimum Gasteiger partial charge on any atom is -0.496 e. The van der Waals surface area contributed by atoms with E-state index in [0.29, 0.717) is 41.0 Å². The zero-order valence-electron chi connectivity index (χ0n) is 20.0. The highest BCUT2D eigenvalue weighted by Crippen LogP contribution is 2.29. The topological polar surface area (TPSA) is 87.8 Å². The third kappa shape index (κ3) is 6.62. The Bertz CT molecular complexity index is 948. The van der Waals surface area contributed by atoms with Crippen molar-refractivity contribution in [1.29, 1.82) is 0 Å². The number of carbonyl (C=O) groups excluding carboxylic acids is 1. The molecule has 3 rings (SSSR count). The Balaban J connectivity index is 1.46. The number of amides is 1. The number of ether oxygens (including phenoxy) is 1. The molecule has 0 bridgehead atoms. The van der Waals surface area contributed by atoms with Crippen molar-refractivity contribution in [3.63, 3.8) is 0 Å². The highest BCUT2D eigenvalue weighted by molar-refractivity contribution is 6.33. The summed E-state index contributed by atoms with van der Waals surface area (Å²) in [4.78, 5) is 14.9. The van der Waals surface area contributed by atoms with E-state index >= 15 is 0 Å². The van der Waals surface area contributed by atoms with Gasteiger partial charge in [0.05, 0.1) is 29.5 Å². The fourth-order valence-electron chi connectivity index (χ4n) is 4.18. The van der Waals surface area contributed by atoms with Gasteiger partial charge in [-0.15, -0.1) is 0 Å². The van der Waals surface area contributed by atoms with Crippen molar-refractivity contribution in [3.05, 3.63) is 58.1 Å². The van der Waals surface area contributed by atoms with Gasteiger partial charge in [0.1, 0.15) is 5.75 Å². The van der Waals surface area contributed by atoms with Gasteiger partial charge in [-0.2, -0.15) is 0 Å². The lowest BCUT2D eigenvalue weighted by atomic mass is 9.86. The van der Waals surface area contributed by atoms with Crippen LogP contribution in [0.5, 0.6) is 5.75 Å². The maximum atomic E-state index is 12.6. The summed E-state index contributed by atoms with van der Waals surface area (Å²) in [6.45, 7) is 9.57. The number of likely N-dealkylation sites (tertiary alicyclic amines) is 1. The number of halogens is 1. The number of nitrogens with two attached hydrogens (primary N) is 1. The van der Waals surface area contributed by atoms with Crippen LogP contribution in [0.4, 0.5) is 5.69 Å². The number of piperidine rings is 1. The first kappa shape index (κ1) is 25.3. The molecule has 33 heavy (non-hydrogen) atoms. The molecule has 2 aromatic rings. The second kappa shape index (κ2) is 10.8. The number of hydrogen-bond acceptors (Lipinski definition) is 5. The number of hydrogen-bond donors (Lipinski definition) is 3. The van der Waals surface area contributed by atoms with Crippen molar-refractivity contribution >= 4 is 23.2 Å². The summed E-state index contributed by atoms with van der Waals surface area (Å²) < 4.78 is 5.27. The van der Waals surface area contributed by atoms with Gasteiger partial charge in [-0.05, 0) is 54.5 Å². The predicted molar refractivity (Wildman–Crippen MR) is 134 cm³/mol. The number of benzene rings is 2. The van der Waals surface area contributed by atoms with Gasteiger partial charge in [-0.25, -0.2) is 0 Å². The Morgan fingerprint density at radius 2 is 1.88 bits per heavy atom. The van der Waals surface area contributed by atoms with Crippen LogP contribution in [0.1, 0.15) is 61.2 Å². The molecule has 7 heteroatoms. The molecule has 1 unspecified atom stereocenters. The van der Waals surface area contributed by atoms with E-state index in [0.717, 1.165) is 31.5 Å². The van der Waals surface area contributed by atoms with E-state index in [9.17, 15) is 9.90 Å². The van der Waals surface area contributed by atoms with Crippen molar-refractivity contribution in [2.45, 2.75) is 45.1 Å². The first-order valence-electron chi connectivity index (χ1n) is 11.5. The quantitative estimate of drug-likeness (QED) is 0.518. The number of anilines is 1. The molecular weight excluding hydrogens is 438 g/mol. The van der Waals surface area contributed by atoms with Gasteiger partial charge < -0.3 is 25.8 Å². The van der Waals surface area contributed by atoms with Gasteiger partial charge >= 0.3 is 0 Å². The van der Waals surface area contributed by atoms with Crippen LogP contribution < -0.4 is 15.8 Å². The van der Waals surface area contributed by atoms with Crippen molar-refractivity contribution in [2.75, 3.05) is 39.0 Å². The maximum Gasteiger partial charge on any atom is 0.255 e. The number of carbonyl (C=O) groups is 1. The summed E-state index contributed by atoms with van der Waals surface area (Å²) in [6.07, 6.45) is 1.43. The lowest BCUT2D eigenvalue weighted by Gasteiger charge is -2.33. The lowest BCUT2D eigenvalue weighted by molar-refractivity contribution is 0.0851. The number of aliphatic hydroxyl groups is 1. The summed E-state index contributed by atoms with van der Waals surface area (Å²) in [5.41, 5.74) is 8.88. The summed E-state index contributed by atoms with van der Waals surface area (Å²) in [5.74, 6) is 0.586. The summed E-state index contributed by atoms with van der Waals surface area (Å²) in [7, 11) is 1.50. The molecule has 1 aliphatic rings. The van der Waals surface area contributed by atoms with Crippen molar-refractivity contribution in [2.24, 2.45) is 5.92 Å². The number of nitrogen functional groups attached to an aromatic ring is 1. The highest BCUT2D eigenvalue weighted by Gasteiger charge is 2.23. The SMILES string of the molecule is COc1cc(N)c(Cl)cc1C(=O)NCC1CCN(CC(O)c2ccc(C(C)(C)C)cc2)CC1. The van der Waals surface area contributed by atoms with E-state index in [1.165, 1.54) is 12.7 Å². The van der Waals surface area contributed by atoms with E-state index in [-0.39, 0.29) is 11.3 Å². The molecule has 6 nitrogen and oxygen atoms in total. The largest absolute Gasteiger partial charge is 0.496 e. The summed E-state index contributed by atoms with van der Waals surface area (Å²) in [5, 5.41) is 14.0. The normalized spacial score (nSPS) is 16.4. The predicted octanol–water partition coefficient (Wildman–Crippen LogP) is 4.40. The number of nitrogens with one attached hydrogen (secondary N) is 1. The number of β-amino-alcohol motifs (C(OH)–C–C–N with tert-alkyl or cyclic N) is 1. The molecule has 1 aliphatic heterocycles. The van der Waals surface area contributed by atoms with Crippen molar-refractivity contribution < 1.29 is 14.6 Å². The molecule has 4 N–H and O–H groups in total. The van der Waals surface area contributed by atoms with Crippen LogP contribution in [0.2, 0.25) is 5.02 Å². The zero-order valence-corrected chi connectivity index (χ0v) is 20.8. The fraction of sp³-hybridized carbons (Fsp3) is 0.500. The average molecular weight is 474 g/mol. The van der Waals surface area contributed by atoms with Crippen LogP contribution in [0.15, 0.2) is 36.4 Å². The molecule has 0 saturated carbocycles. The smallest absolute Gasteiger partial charge is 0.255 e. The molecule has 1 atom stereocenters. The third-order valence-corrected chi connectivity index (χ3v) is 6.74. The van der Waals surface area contributed by atoms with E-state index in [2.05, 4.69) is 43.1 Å². The van der Waals surface area contributed by atoms with Gasteiger partial charge in [0.25, 0.3) is 5.91 Å². The second-order valence-electron chi connectivity index (χ2n) is 9.92. The molecule has 1 fully saturated rings. The molecule has 1 saturated heterocycles. The van der Waals surface area contributed by atoms with Crippen LogP contribution in [-0.4, -0.2) is 49.2 Å². The Morgan fingerprint density at radius 1 is 1.24 bits per heavy atom. The maximum absolute atomic E-state index is 12.6. The third-order valence-electron chi connectivity index (χ3n) is 6.41.